The molecule has 1 aliphatic carbocycles. The molecule has 0 aromatic heterocycles. The molecule has 0 radical (unpaired) electrons. The van der Waals surface area contributed by atoms with Crippen LogP contribution in [-0.4, -0.2) is 34.3 Å². The van der Waals surface area contributed by atoms with Gasteiger partial charge < -0.3 is 0 Å². The summed E-state index contributed by atoms with van der Waals surface area (Å²) in [6.07, 6.45) is 0.713. The van der Waals surface area contributed by atoms with Gasteiger partial charge in [-0.1, -0.05) is 107 Å². The van der Waals surface area contributed by atoms with Crippen molar-refractivity contribution in [3.05, 3.63) is 141 Å². The van der Waals surface area contributed by atoms with Crippen molar-refractivity contribution in [1.82, 2.24) is 4.90 Å². The zero-order valence-corrected chi connectivity index (χ0v) is 22.1. The fraction of sp³-hybridized carbons (Fsp3) is 0.182. The molecule has 4 nitrogen and oxygen atoms in total. The maximum Gasteiger partial charge on any atom is 0.192 e. The van der Waals surface area contributed by atoms with Crippen LogP contribution >= 0.6 is 15.9 Å². The molecule has 4 aromatic rings. The molecule has 1 fully saturated rings. The largest absolute Gasteiger partial charge is 0.294 e. The molecule has 38 heavy (non-hydrogen) atoms. The van der Waals surface area contributed by atoms with E-state index >= 15 is 0 Å². The number of benzene rings is 4. The number of carbonyl (C=O) groups is 3. The molecule has 0 amide bonds. The van der Waals surface area contributed by atoms with E-state index in [2.05, 4.69) is 33.0 Å². The zero-order valence-electron chi connectivity index (χ0n) is 20.5. The predicted molar refractivity (Wildman–Crippen MR) is 149 cm³/mol. The molecule has 0 N–H and O–H groups in total. The Bertz CT molecular complexity index is 1580. The Morgan fingerprint density at radius 1 is 0.763 bits per heavy atom. The third-order valence-corrected chi connectivity index (χ3v) is 9.17. The Kier molecular flexibility index (Phi) is 5.36. The van der Waals surface area contributed by atoms with Crippen LogP contribution in [0.5, 0.6) is 0 Å². The van der Waals surface area contributed by atoms with Gasteiger partial charge in [0.15, 0.2) is 22.9 Å². The lowest BCUT2D eigenvalue weighted by molar-refractivity contribution is 0.0409. The summed E-state index contributed by atoms with van der Waals surface area (Å²) in [7, 11) is 0. The maximum absolute atomic E-state index is 14.6. The number of Topliss-reactive ketones (excluding diaryl/α,β-unsaturated/α-hetero) is 3. The van der Waals surface area contributed by atoms with Gasteiger partial charge in [0.2, 0.25) is 0 Å². The third-order valence-electron chi connectivity index (χ3n) is 8.64. The lowest BCUT2D eigenvalue weighted by Crippen LogP contribution is -2.60. The molecule has 0 unspecified atom stereocenters. The van der Waals surface area contributed by atoms with Gasteiger partial charge in [-0.3, -0.25) is 19.3 Å². The monoisotopic (exact) mass is 561 g/mol. The third kappa shape index (κ3) is 3.09. The van der Waals surface area contributed by atoms with Gasteiger partial charge in [-0.15, -0.1) is 0 Å². The summed E-state index contributed by atoms with van der Waals surface area (Å²) in [5.41, 5.74) is 2.99. The minimum Gasteiger partial charge on any atom is -0.294 e. The Balaban J connectivity index is 1.55. The quantitative estimate of drug-likeness (QED) is 0.212. The van der Waals surface area contributed by atoms with E-state index in [1.54, 1.807) is 36.4 Å². The van der Waals surface area contributed by atoms with Crippen molar-refractivity contribution in [1.29, 1.82) is 0 Å². The van der Waals surface area contributed by atoms with Gasteiger partial charge >= 0.3 is 0 Å². The summed E-state index contributed by atoms with van der Waals surface area (Å²) in [6, 6.07) is 32.1. The van der Waals surface area contributed by atoms with Gasteiger partial charge in [0, 0.05) is 39.7 Å². The predicted octanol–water partition coefficient (Wildman–Crippen LogP) is 6.46. The number of ketones is 3. The van der Waals surface area contributed by atoms with E-state index in [1.807, 2.05) is 54.6 Å². The molecular weight excluding hydrogens is 538 g/mol. The molecule has 186 valence electrons. The molecule has 7 rings (SSSR count). The molecule has 2 aliphatic heterocycles. The van der Waals surface area contributed by atoms with E-state index in [-0.39, 0.29) is 29.3 Å². The first-order chi connectivity index (χ1) is 18.5. The van der Waals surface area contributed by atoms with Crippen molar-refractivity contribution in [3.63, 3.8) is 0 Å². The van der Waals surface area contributed by atoms with E-state index in [9.17, 15) is 14.4 Å². The van der Waals surface area contributed by atoms with E-state index in [4.69, 9.17) is 0 Å². The Morgan fingerprint density at radius 2 is 1.37 bits per heavy atom. The number of carbonyl (C=O) groups excluding carboxylic acids is 3. The van der Waals surface area contributed by atoms with Crippen LogP contribution in [0.3, 0.4) is 0 Å². The first-order valence-electron chi connectivity index (χ1n) is 12.9. The van der Waals surface area contributed by atoms with E-state index in [0.29, 0.717) is 29.7 Å². The zero-order chi connectivity index (χ0) is 26.0. The number of hydrogen-bond acceptors (Lipinski definition) is 4. The van der Waals surface area contributed by atoms with Gasteiger partial charge in [0.25, 0.3) is 0 Å². The molecule has 2 heterocycles. The van der Waals surface area contributed by atoms with Crippen molar-refractivity contribution >= 4 is 33.3 Å². The Hall–Kier alpha value is -3.67. The van der Waals surface area contributed by atoms with Crippen LogP contribution in [0.25, 0.3) is 0 Å². The average molecular weight is 562 g/mol. The summed E-state index contributed by atoms with van der Waals surface area (Å²) in [4.78, 5) is 45.8. The van der Waals surface area contributed by atoms with Gasteiger partial charge in [0.1, 0.15) is 0 Å². The lowest BCUT2D eigenvalue weighted by Gasteiger charge is -2.41. The first kappa shape index (κ1) is 23.4. The van der Waals surface area contributed by atoms with Crippen molar-refractivity contribution in [2.45, 2.75) is 23.9 Å². The van der Waals surface area contributed by atoms with Gasteiger partial charge in [-0.05, 0) is 35.2 Å². The summed E-state index contributed by atoms with van der Waals surface area (Å²) in [6.45, 7) is 0.527. The molecule has 1 spiro atoms. The molecule has 0 saturated carbocycles. The van der Waals surface area contributed by atoms with E-state index in [1.165, 1.54) is 5.56 Å². The second-order valence-corrected chi connectivity index (χ2v) is 11.3. The highest BCUT2D eigenvalue weighted by Crippen LogP contribution is 2.61. The normalized spacial score (nSPS) is 23.2. The fourth-order valence-electron chi connectivity index (χ4n) is 7.13. The molecule has 1 saturated heterocycles. The Labute approximate surface area is 229 Å². The van der Waals surface area contributed by atoms with Gasteiger partial charge in [-0.25, -0.2) is 0 Å². The highest BCUT2D eigenvalue weighted by atomic mass is 79.9. The van der Waals surface area contributed by atoms with Gasteiger partial charge in [-0.2, -0.15) is 0 Å². The first-order valence-corrected chi connectivity index (χ1v) is 13.7. The smallest absolute Gasteiger partial charge is 0.192 e. The number of rotatable bonds is 3. The highest BCUT2D eigenvalue weighted by molar-refractivity contribution is 9.10. The molecular formula is C33H24BrNO3. The second kappa shape index (κ2) is 8.69. The lowest BCUT2D eigenvalue weighted by atomic mass is 9.69. The number of fused-ring (bicyclic) bond motifs is 5. The highest BCUT2D eigenvalue weighted by Gasteiger charge is 2.72. The summed E-state index contributed by atoms with van der Waals surface area (Å²) >= 11 is 3.54. The van der Waals surface area contributed by atoms with Crippen LogP contribution in [0.1, 0.15) is 59.7 Å². The number of nitrogens with zero attached hydrogens (tertiary/aromatic N) is 1. The SMILES string of the molecule is O=C(c1ccccc1)[C@H]1[C@H](c2ccc(Br)cc2)[C@H]2c3ccccc3CCN2C12C(=O)c1ccccc1C2=O. The molecule has 5 heteroatoms. The van der Waals surface area contributed by atoms with E-state index < -0.39 is 11.5 Å². The van der Waals surface area contributed by atoms with Crippen LogP contribution in [0, 0.1) is 5.92 Å². The Morgan fingerprint density at radius 3 is 2.05 bits per heavy atom. The fourth-order valence-corrected chi connectivity index (χ4v) is 7.40. The standard InChI is InChI=1S/C33H24BrNO3/c34-23-16-14-21(15-17-23)27-28(30(36)22-9-2-1-3-10-22)33(31(37)25-12-6-7-13-26(25)32(33)38)35-19-18-20-8-4-5-11-24(20)29(27)35/h1-17,27-29H,18-19H2/t27-,28+,29+/m0/s1. The molecule has 4 aromatic carbocycles. The molecule has 0 bridgehead atoms. The molecule has 3 atom stereocenters. The van der Waals surface area contributed by atoms with Crippen molar-refractivity contribution in [3.8, 4) is 0 Å². The van der Waals surface area contributed by atoms with Crippen LogP contribution in [0.4, 0.5) is 0 Å². The van der Waals surface area contributed by atoms with Crippen molar-refractivity contribution in [2.75, 3.05) is 6.54 Å². The topological polar surface area (TPSA) is 54.5 Å². The van der Waals surface area contributed by atoms with E-state index in [0.717, 1.165) is 15.6 Å². The van der Waals surface area contributed by atoms with Gasteiger partial charge in [0.05, 0.1) is 5.92 Å². The van der Waals surface area contributed by atoms with Crippen LogP contribution < -0.4 is 0 Å². The summed E-state index contributed by atoms with van der Waals surface area (Å²) in [5.74, 6) is -1.94. The number of halogens is 1. The number of hydrogen-bond donors (Lipinski definition) is 0. The van der Waals surface area contributed by atoms with Crippen LogP contribution in [0.2, 0.25) is 0 Å². The van der Waals surface area contributed by atoms with Crippen LogP contribution in [-0.2, 0) is 6.42 Å². The van der Waals surface area contributed by atoms with Crippen molar-refractivity contribution < 1.29 is 14.4 Å². The van der Waals surface area contributed by atoms with Crippen molar-refractivity contribution in [2.24, 2.45) is 5.92 Å². The second-order valence-electron chi connectivity index (χ2n) is 10.3. The maximum atomic E-state index is 14.6. The summed E-state index contributed by atoms with van der Waals surface area (Å²) in [5, 5.41) is 0. The molecule has 3 aliphatic rings. The minimum absolute atomic E-state index is 0.167. The average Bonchev–Trinajstić information content (AvgIpc) is 3.40. The minimum atomic E-state index is -1.59. The van der Waals surface area contributed by atoms with Crippen LogP contribution in [0.15, 0.2) is 108 Å². The summed E-state index contributed by atoms with van der Waals surface area (Å²) < 4.78 is 0.932.